The van der Waals surface area contributed by atoms with E-state index < -0.39 is 5.97 Å². The summed E-state index contributed by atoms with van der Waals surface area (Å²) in [6.45, 7) is 1.37. The molecule has 0 saturated carbocycles. The lowest BCUT2D eigenvalue weighted by atomic mass is 10.2. The van der Waals surface area contributed by atoms with E-state index in [9.17, 15) is 9.59 Å². The molecule has 18 heavy (non-hydrogen) atoms. The van der Waals surface area contributed by atoms with Gasteiger partial charge in [-0.05, 0) is 37.1 Å². The minimum Gasteiger partial charge on any atom is -0.452 e. The summed E-state index contributed by atoms with van der Waals surface area (Å²) in [7, 11) is 0. The summed E-state index contributed by atoms with van der Waals surface area (Å²) in [6.07, 6.45) is 2.07. The van der Waals surface area contributed by atoms with E-state index >= 15 is 0 Å². The number of halogens is 1. The van der Waals surface area contributed by atoms with Crippen molar-refractivity contribution in [3.8, 4) is 0 Å². The Bertz CT molecular complexity index is 438. The fraction of sp³-hybridized carbons (Fsp3) is 0.385. The third kappa shape index (κ3) is 3.32. The molecule has 1 aliphatic rings. The molecule has 0 unspecified atom stereocenters. The highest BCUT2D eigenvalue weighted by molar-refractivity contribution is 9.10. The van der Waals surface area contributed by atoms with Crippen LogP contribution in [0, 0.1) is 0 Å². The molecule has 4 nitrogen and oxygen atoms in total. The molecule has 0 radical (unpaired) electrons. The van der Waals surface area contributed by atoms with Crippen LogP contribution in [0.1, 0.15) is 23.2 Å². The zero-order valence-corrected chi connectivity index (χ0v) is 11.5. The summed E-state index contributed by atoms with van der Waals surface area (Å²) in [5.41, 5.74) is 0.451. The summed E-state index contributed by atoms with van der Waals surface area (Å²) in [5, 5.41) is 0. The molecule has 0 spiro atoms. The fourth-order valence-electron chi connectivity index (χ4n) is 1.85. The van der Waals surface area contributed by atoms with Gasteiger partial charge < -0.3 is 9.64 Å². The van der Waals surface area contributed by atoms with E-state index in [1.807, 2.05) is 0 Å². The van der Waals surface area contributed by atoms with Gasteiger partial charge in [-0.3, -0.25) is 4.79 Å². The molecule has 1 fully saturated rings. The molecule has 0 bridgehead atoms. The van der Waals surface area contributed by atoms with Crippen LogP contribution in [-0.2, 0) is 9.53 Å². The highest BCUT2D eigenvalue weighted by atomic mass is 79.9. The highest BCUT2D eigenvalue weighted by Crippen LogP contribution is 2.12. The summed E-state index contributed by atoms with van der Waals surface area (Å²) in [4.78, 5) is 25.1. The first-order chi connectivity index (χ1) is 8.66. The predicted octanol–water partition coefficient (Wildman–Crippen LogP) is 2.23. The number of hydrogen-bond acceptors (Lipinski definition) is 3. The van der Waals surface area contributed by atoms with E-state index in [0.29, 0.717) is 5.56 Å². The van der Waals surface area contributed by atoms with Crippen LogP contribution in [0.4, 0.5) is 0 Å². The van der Waals surface area contributed by atoms with Crippen LogP contribution in [0.2, 0.25) is 0 Å². The van der Waals surface area contributed by atoms with E-state index in [-0.39, 0.29) is 12.5 Å². The van der Waals surface area contributed by atoms with E-state index in [1.54, 1.807) is 29.2 Å². The first-order valence-electron chi connectivity index (χ1n) is 5.87. The van der Waals surface area contributed by atoms with Gasteiger partial charge in [-0.2, -0.15) is 0 Å². The molecule has 1 aliphatic heterocycles. The van der Waals surface area contributed by atoms with Crippen LogP contribution in [0.25, 0.3) is 0 Å². The third-order valence-corrected chi connectivity index (χ3v) is 3.39. The second-order valence-electron chi connectivity index (χ2n) is 4.17. The maximum atomic E-state index is 11.7. The van der Waals surface area contributed by atoms with E-state index in [2.05, 4.69) is 15.9 Å². The number of ether oxygens (including phenoxy) is 1. The van der Waals surface area contributed by atoms with Crippen LogP contribution in [0.3, 0.4) is 0 Å². The molecule has 2 rings (SSSR count). The van der Waals surface area contributed by atoms with Crippen molar-refractivity contribution in [1.82, 2.24) is 4.90 Å². The molecular formula is C13H14BrNO3. The maximum Gasteiger partial charge on any atom is 0.338 e. The smallest absolute Gasteiger partial charge is 0.338 e. The first-order valence-corrected chi connectivity index (χ1v) is 6.66. The molecule has 96 valence electrons. The number of likely N-dealkylation sites (tertiary alicyclic amines) is 1. The van der Waals surface area contributed by atoms with E-state index in [4.69, 9.17) is 4.74 Å². The molecule has 0 atom stereocenters. The second-order valence-corrected chi connectivity index (χ2v) is 5.09. The van der Waals surface area contributed by atoms with Gasteiger partial charge in [-0.15, -0.1) is 0 Å². The summed E-state index contributed by atoms with van der Waals surface area (Å²) >= 11 is 3.29. The number of rotatable bonds is 3. The monoisotopic (exact) mass is 311 g/mol. The van der Waals surface area contributed by atoms with Crippen molar-refractivity contribution in [2.75, 3.05) is 19.7 Å². The fourth-order valence-corrected chi connectivity index (χ4v) is 2.12. The highest BCUT2D eigenvalue weighted by Gasteiger charge is 2.19. The number of hydrogen-bond donors (Lipinski definition) is 0. The van der Waals surface area contributed by atoms with Crippen molar-refractivity contribution in [1.29, 1.82) is 0 Å². The van der Waals surface area contributed by atoms with Crippen LogP contribution in [0.5, 0.6) is 0 Å². The molecule has 1 heterocycles. The van der Waals surface area contributed by atoms with Gasteiger partial charge in [0, 0.05) is 17.6 Å². The molecule has 0 aromatic heterocycles. The lowest BCUT2D eigenvalue weighted by Gasteiger charge is -2.14. The van der Waals surface area contributed by atoms with Gasteiger partial charge in [0.1, 0.15) is 0 Å². The standard InChI is InChI=1S/C13H14BrNO3/c14-11-5-3-10(4-6-11)13(17)18-9-12(16)15-7-1-2-8-15/h3-6H,1-2,7-9H2. The van der Waals surface area contributed by atoms with Crippen LogP contribution < -0.4 is 0 Å². The van der Waals surface area contributed by atoms with Gasteiger partial charge in [-0.25, -0.2) is 4.79 Å². The molecule has 1 aromatic rings. The average Bonchev–Trinajstić information content (AvgIpc) is 2.90. The SMILES string of the molecule is O=C(OCC(=O)N1CCCC1)c1ccc(Br)cc1. The van der Waals surface area contributed by atoms with Gasteiger partial charge in [0.25, 0.3) is 5.91 Å². The Morgan fingerprint density at radius 1 is 1.17 bits per heavy atom. The number of carbonyl (C=O) groups is 2. The lowest BCUT2D eigenvalue weighted by Crippen LogP contribution is -2.32. The minimum atomic E-state index is -0.463. The molecule has 1 aromatic carbocycles. The van der Waals surface area contributed by atoms with E-state index in [1.165, 1.54) is 0 Å². The molecular weight excluding hydrogens is 298 g/mol. The normalized spacial score (nSPS) is 14.6. The van der Waals surface area contributed by atoms with Crippen LogP contribution >= 0.6 is 15.9 Å². The van der Waals surface area contributed by atoms with E-state index in [0.717, 1.165) is 30.4 Å². The summed E-state index contributed by atoms with van der Waals surface area (Å²) in [6, 6.07) is 6.84. The average molecular weight is 312 g/mol. The van der Waals surface area contributed by atoms with Crippen molar-refractivity contribution >= 4 is 27.8 Å². The Labute approximate surface area is 114 Å². The summed E-state index contributed by atoms with van der Waals surface area (Å²) in [5.74, 6) is -0.576. The van der Waals surface area contributed by atoms with Gasteiger partial charge >= 0.3 is 5.97 Å². The lowest BCUT2D eigenvalue weighted by molar-refractivity contribution is -0.133. The third-order valence-electron chi connectivity index (χ3n) is 2.87. The Morgan fingerprint density at radius 3 is 2.39 bits per heavy atom. The molecule has 1 amide bonds. The van der Waals surface area contributed by atoms with Crippen LogP contribution in [0.15, 0.2) is 28.7 Å². The van der Waals surface area contributed by atoms with Gasteiger partial charge in [0.15, 0.2) is 6.61 Å². The van der Waals surface area contributed by atoms with Gasteiger partial charge in [0.05, 0.1) is 5.56 Å². The quantitative estimate of drug-likeness (QED) is 0.804. The first kappa shape index (κ1) is 13.1. The minimum absolute atomic E-state index is 0.113. The Kier molecular flexibility index (Phi) is 4.36. The molecule has 5 heteroatoms. The zero-order chi connectivity index (χ0) is 13.0. The van der Waals surface area contributed by atoms with Crippen molar-refractivity contribution in [3.63, 3.8) is 0 Å². The van der Waals surface area contributed by atoms with Crippen molar-refractivity contribution in [2.45, 2.75) is 12.8 Å². The largest absolute Gasteiger partial charge is 0.452 e. The van der Waals surface area contributed by atoms with Crippen molar-refractivity contribution < 1.29 is 14.3 Å². The molecule has 0 aliphatic carbocycles. The van der Waals surface area contributed by atoms with Gasteiger partial charge in [-0.1, -0.05) is 15.9 Å². The Hall–Kier alpha value is -1.36. The number of carbonyl (C=O) groups excluding carboxylic acids is 2. The summed E-state index contributed by atoms with van der Waals surface area (Å²) < 4.78 is 5.89. The number of amides is 1. The topological polar surface area (TPSA) is 46.6 Å². The number of nitrogens with zero attached hydrogens (tertiary/aromatic N) is 1. The zero-order valence-electron chi connectivity index (χ0n) is 9.89. The van der Waals surface area contributed by atoms with Crippen molar-refractivity contribution in [3.05, 3.63) is 34.3 Å². The Morgan fingerprint density at radius 2 is 1.78 bits per heavy atom. The van der Waals surface area contributed by atoms with Gasteiger partial charge in [0.2, 0.25) is 0 Å². The molecule has 0 N–H and O–H groups in total. The second kappa shape index (κ2) is 6.00. The Balaban J connectivity index is 1.84. The number of esters is 1. The van der Waals surface area contributed by atoms with Crippen molar-refractivity contribution in [2.24, 2.45) is 0 Å². The maximum absolute atomic E-state index is 11.7. The number of benzene rings is 1. The molecule has 1 saturated heterocycles. The van der Waals surface area contributed by atoms with Crippen LogP contribution in [-0.4, -0.2) is 36.5 Å². The predicted molar refractivity (Wildman–Crippen MR) is 70.2 cm³/mol.